The van der Waals surface area contributed by atoms with Gasteiger partial charge in [0.2, 0.25) is 0 Å². The fourth-order valence-corrected chi connectivity index (χ4v) is 1.51. The van der Waals surface area contributed by atoms with Crippen molar-refractivity contribution in [1.82, 2.24) is 19.3 Å². The molecule has 6 nitrogen and oxygen atoms in total. The summed E-state index contributed by atoms with van der Waals surface area (Å²) in [4.78, 5) is 14.7. The highest BCUT2D eigenvalue weighted by atomic mass is 16.4. The Morgan fingerprint density at radius 2 is 2.31 bits per heavy atom. The minimum absolute atomic E-state index is 0.255. The lowest BCUT2D eigenvalue weighted by Crippen LogP contribution is -2.09. The van der Waals surface area contributed by atoms with Crippen LogP contribution in [0.5, 0.6) is 0 Å². The predicted molar refractivity (Wildman–Crippen MR) is 56.2 cm³/mol. The van der Waals surface area contributed by atoms with Gasteiger partial charge in [0, 0.05) is 24.6 Å². The Kier molecular flexibility index (Phi) is 2.72. The van der Waals surface area contributed by atoms with Gasteiger partial charge in [0.1, 0.15) is 5.56 Å². The van der Waals surface area contributed by atoms with Crippen molar-refractivity contribution in [3.05, 3.63) is 36.2 Å². The van der Waals surface area contributed by atoms with Crippen molar-refractivity contribution in [2.24, 2.45) is 0 Å². The molecule has 0 unspecified atom stereocenters. The van der Waals surface area contributed by atoms with Crippen LogP contribution in [0.3, 0.4) is 0 Å². The molecule has 0 saturated carbocycles. The molecule has 1 N–H and O–H groups in total. The maximum Gasteiger partial charge on any atom is 0.339 e. The summed E-state index contributed by atoms with van der Waals surface area (Å²) in [6.07, 6.45) is 6.66. The van der Waals surface area contributed by atoms with E-state index in [1.807, 2.05) is 10.8 Å². The number of aromatic carboxylic acids is 1. The highest BCUT2D eigenvalue weighted by Crippen LogP contribution is 2.07. The molecule has 0 aliphatic heterocycles. The van der Waals surface area contributed by atoms with Gasteiger partial charge in [0.15, 0.2) is 0 Å². The van der Waals surface area contributed by atoms with E-state index in [0.29, 0.717) is 12.2 Å². The highest BCUT2D eigenvalue weighted by molar-refractivity contribution is 5.88. The number of carboxylic acid groups (broad SMARTS) is 1. The topological polar surface area (TPSA) is 72.9 Å². The Labute approximate surface area is 92.2 Å². The Morgan fingerprint density at radius 3 is 2.88 bits per heavy atom. The number of carbonyl (C=O) groups is 1. The van der Waals surface area contributed by atoms with E-state index in [1.165, 1.54) is 6.20 Å². The summed E-state index contributed by atoms with van der Waals surface area (Å²) < 4.78 is 3.60. The third-order valence-electron chi connectivity index (χ3n) is 2.46. The van der Waals surface area contributed by atoms with Crippen molar-refractivity contribution in [2.45, 2.75) is 20.0 Å². The average Bonchev–Trinajstić information content (AvgIpc) is 2.84. The molecule has 2 aromatic heterocycles. The molecule has 0 aliphatic carbocycles. The normalized spacial score (nSPS) is 10.6. The van der Waals surface area contributed by atoms with E-state index < -0.39 is 5.97 Å². The monoisotopic (exact) mass is 220 g/mol. The molecule has 0 aromatic carbocycles. The predicted octanol–water partition coefficient (Wildman–Crippen LogP) is 0.786. The van der Waals surface area contributed by atoms with Crippen molar-refractivity contribution < 1.29 is 9.90 Å². The van der Waals surface area contributed by atoms with Crippen LogP contribution in [0.2, 0.25) is 0 Å². The summed E-state index contributed by atoms with van der Waals surface area (Å²) in [5.74, 6) is -0.939. The molecule has 2 rings (SSSR count). The molecule has 0 spiro atoms. The third kappa shape index (κ3) is 1.95. The zero-order valence-electron chi connectivity index (χ0n) is 8.87. The second-order valence-corrected chi connectivity index (χ2v) is 3.47. The number of aromatic nitrogens is 4. The van der Waals surface area contributed by atoms with E-state index in [1.54, 1.807) is 24.1 Å². The Hall–Kier alpha value is -2.11. The van der Waals surface area contributed by atoms with Crippen LogP contribution in [-0.4, -0.2) is 30.4 Å². The second kappa shape index (κ2) is 4.18. The van der Waals surface area contributed by atoms with Crippen molar-refractivity contribution in [3.8, 4) is 0 Å². The largest absolute Gasteiger partial charge is 0.478 e. The quantitative estimate of drug-likeness (QED) is 0.826. The van der Waals surface area contributed by atoms with Crippen LogP contribution in [0.1, 0.15) is 16.1 Å². The zero-order valence-corrected chi connectivity index (χ0v) is 8.87. The summed E-state index contributed by atoms with van der Waals surface area (Å²) >= 11 is 0. The SMILES string of the molecule is Cc1c(C(=O)O)cnn1CCn1ccnc1. The molecule has 0 fully saturated rings. The minimum atomic E-state index is -0.939. The highest BCUT2D eigenvalue weighted by Gasteiger charge is 2.12. The van der Waals surface area contributed by atoms with Crippen LogP contribution in [0, 0.1) is 6.92 Å². The maximum absolute atomic E-state index is 10.8. The number of rotatable bonds is 4. The number of aryl methyl sites for hydroxylation is 2. The molecule has 2 heterocycles. The second-order valence-electron chi connectivity index (χ2n) is 3.47. The molecule has 0 saturated heterocycles. The van der Waals surface area contributed by atoms with Gasteiger partial charge in [-0.05, 0) is 6.92 Å². The first-order chi connectivity index (χ1) is 7.68. The first-order valence-electron chi connectivity index (χ1n) is 4.90. The fraction of sp³-hybridized carbons (Fsp3) is 0.300. The number of hydrogen-bond acceptors (Lipinski definition) is 3. The summed E-state index contributed by atoms with van der Waals surface area (Å²) in [6.45, 7) is 3.11. The molecule has 0 bridgehead atoms. The van der Waals surface area contributed by atoms with Gasteiger partial charge < -0.3 is 9.67 Å². The smallest absolute Gasteiger partial charge is 0.339 e. The zero-order chi connectivity index (χ0) is 11.5. The van der Waals surface area contributed by atoms with Gasteiger partial charge >= 0.3 is 5.97 Å². The van der Waals surface area contributed by atoms with Gasteiger partial charge in [-0.2, -0.15) is 5.10 Å². The van der Waals surface area contributed by atoms with Crippen LogP contribution < -0.4 is 0 Å². The van der Waals surface area contributed by atoms with Crippen molar-refractivity contribution in [3.63, 3.8) is 0 Å². The van der Waals surface area contributed by atoms with Crippen LogP contribution in [0.25, 0.3) is 0 Å². The van der Waals surface area contributed by atoms with Gasteiger partial charge in [-0.1, -0.05) is 0 Å². The first kappa shape index (κ1) is 10.4. The van der Waals surface area contributed by atoms with E-state index in [2.05, 4.69) is 10.1 Å². The number of carboxylic acids is 1. The lowest BCUT2D eigenvalue weighted by molar-refractivity contribution is 0.0696. The van der Waals surface area contributed by atoms with E-state index in [9.17, 15) is 4.79 Å². The summed E-state index contributed by atoms with van der Waals surface area (Å²) in [5, 5.41) is 12.9. The number of nitrogens with zero attached hydrogens (tertiary/aromatic N) is 4. The van der Waals surface area contributed by atoms with Gasteiger partial charge in [-0.3, -0.25) is 4.68 Å². The Balaban J connectivity index is 2.08. The standard InChI is InChI=1S/C10H12N4O2/c1-8-9(10(15)16)6-12-14(8)5-4-13-3-2-11-7-13/h2-3,6-7H,4-5H2,1H3,(H,15,16). The minimum Gasteiger partial charge on any atom is -0.478 e. The molecule has 6 heteroatoms. The molecular weight excluding hydrogens is 208 g/mol. The Bertz CT molecular complexity index is 487. The van der Waals surface area contributed by atoms with Crippen molar-refractivity contribution in [2.75, 3.05) is 0 Å². The van der Waals surface area contributed by atoms with E-state index in [-0.39, 0.29) is 5.56 Å². The van der Waals surface area contributed by atoms with Gasteiger partial charge in [-0.15, -0.1) is 0 Å². The van der Waals surface area contributed by atoms with Crippen LogP contribution in [0.15, 0.2) is 24.9 Å². The molecule has 0 atom stereocenters. The van der Waals surface area contributed by atoms with Crippen molar-refractivity contribution >= 4 is 5.97 Å². The molecule has 16 heavy (non-hydrogen) atoms. The average molecular weight is 220 g/mol. The van der Waals surface area contributed by atoms with Crippen molar-refractivity contribution in [1.29, 1.82) is 0 Å². The molecule has 0 radical (unpaired) electrons. The lowest BCUT2D eigenvalue weighted by Gasteiger charge is -2.05. The van der Waals surface area contributed by atoms with Gasteiger partial charge in [0.25, 0.3) is 0 Å². The summed E-state index contributed by atoms with van der Waals surface area (Å²) in [7, 11) is 0. The molecule has 84 valence electrons. The fourth-order valence-electron chi connectivity index (χ4n) is 1.51. The molecule has 0 amide bonds. The summed E-state index contributed by atoms with van der Waals surface area (Å²) in [6, 6.07) is 0. The van der Waals surface area contributed by atoms with E-state index in [0.717, 1.165) is 6.54 Å². The first-order valence-corrected chi connectivity index (χ1v) is 4.90. The Morgan fingerprint density at radius 1 is 1.50 bits per heavy atom. The third-order valence-corrected chi connectivity index (χ3v) is 2.46. The molecule has 0 aliphatic rings. The summed E-state index contributed by atoms with van der Waals surface area (Å²) in [5.41, 5.74) is 0.929. The number of hydrogen-bond donors (Lipinski definition) is 1. The van der Waals surface area contributed by atoms with E-state index in [4.69, 9.17) is 5.11 Å². The number of imidazole rings is 1. The van der Waals surface area contributed by atoms with Gasteiger partial charge in [0.05, 0.1) is 19.1 Å². The maximum atomic E-state index is 10.8. The van der Waals surface area contributed by atoms with Crippen LogP contribution in [-0.2, 0) is 13.1 Å². The van der Waals surface area contributed by atoms with Crippen LogP contribution >= 0.6 is 0 Å². The van der Waals surface area contributed by atoms with Gasteiger partial charge in [-0.25, -0.2) is 9.78 Å². The van der Waals surface area contributed by atoms with E-state index >= 15 is 0 Å². The lowest BCUT2D eigenvalue weighted by atomic mass is 10.3. The molecular formula is C10H12N4O2. The van der Waals surface area contributed by atoms with Crippen LogP contribution in [0.4, 0.5) is 0 Å². The molecule has 2 aromatic rings.